The lowest BCUT2D eigenvalue weighted by Gasteiger charge is -2.11. The van der Waals surface area contributed by atoms with Crippen molar-refractivity contribution in [3.8, 4) is 0 Å². The van der Waals surface area contributed by atoms with Gasteiger partial charge in [0.05, 0.1) is 16.1 Å². The average Bonchev–Trinajstić information content (AvgIpc) is 2.58. The van der Waals surface area contributed by atoms with Crippen molar-refractivity contribution in [2.24, 2.45) is 0 Å². The number of Topliss-reactive ketones (excluding diaryl/α,β-unsaturated/α-hetero) is 1. The molecule has 0 amide bonds. The van der Waals surface area contributed by atoms with Crippen LogP contribution < -0.4 is 0 Å². The average molecular weight is 367 g/mol. The number of aryl methyl sites for hydroxylation is 1. The van der Waals surface area contributed by atoms with Gasteiger partial charge < -0.3 is 4.74 Å². The summed E-state index contributed by atoms with van der Waals surface area (Å²) in [7, 11) is 0. The van der Waals surface area contributed by atoms with Gasteiger partial charge in [-0.25, -0.2) is 4.79 Å². The number of ketones is 1. The molecule has 0 heterocycles. The quantitative estimate of drug-likeness (QED) is 0.345. The molecule has 2 rings (SSSR count). The van der Waals surface area contributed by atoms with Crippen LogP contribution in [0, 0.1) is 17.0 Å². The molecule has 0 atom stereocenters. The van der Waals surface area contributed by atoms with E-state index in [9.17, 15) is 32.9 Å². The van der Waals surface area contributed by atoms with Crippen LogP contribution in [-0.4, -0.2) is 23.3 Å². The van der Waals surface area contributed by atoms with E-state index < -0.39 is 40.6 Å². The fourth-order valence-electron chi connectivity index (χ4n) is 2.18. The van der Waals surface area contributed by atoms with Gasteiger partial charge in [-0.05, 0) is 19.1 Å². The zero-order valence-corrected chi connectivity index (χ0v) is 13.4. The normalized spacial score (nSPS) is 11.1. The van der Waals surface area contributed by atoms with Gasteiger partial charge in [0.25, 0.3) is 5.69 Å². The first kappa shape index (κ1) is 19.1. The Kier molecular flexibility index (Phi) is 5.39. The Morgan fingerprint density at radius 1 is 1.15 bits per heavy atom. The first-order valence-electron chi connectivity index (χ1n) is 7.23. The van der Waals surface area contributed by atoms with Crippen LogP contribution in [0.2, 0.25) is 0 Å². The fourth-order valence-corrected chi connectivity index (χ4v) is 2.18. The molecule has 9 heteroatoms. The Bertz CT molecular complexity index is 877. The molecule has 136 valence electrons. The third kappa shape index (κ3) is 4.24. The number of alkyl halides is 3. The van der Waals surface area contributed by atoms with Crippen LogP contribution in [0.3, 0.4) is 0 Å². The second-order valence-corrected chi connectivity index (χ2v) is 5.30. The zero-order chi connectivity index (χ0) is 19.5. The number of hydrogen-bond donors (Lipinski definition) is 0. The SMILES string of the molecule is Cc1ccc(C(=O)COC(=O)c2ccccc2C(F)(F)F)cc1[N+](=O)[O-]. The Morgan fingerprint density at radius 2 is 1.81 bits per heavy atom. The van der Waals surface area contributed by atoms with Crippen LogP contribution in [0.4, 0.5) is 18.9 Å². The minimum absolute atomic E-state index is 0.0841. The number of ether oxygens (including phenoxy) is 1. The number of benzene rings is 2. The van der Waals surface area contributed by atoms with Crippen molar-refractivity contribution in [3.63, 3.8) is 0 Å². The van der Waals surface area contributed by atoms with Crippen molar-refractivity contribution in [2.75, 3.05) is 6.61 Å². The van der Waals surface area contributed by atoms with E-state index in [0.29, 0.717) is 5.56 Å². The second-order valence-electron chi connectivity index (χ2n) is 5.30. The van der Waals surface area contributed by atoms with Gasteiger partial charge in [0.1, 0.15) is 0 Å². The minimum atomic E-state index is -4.75. The van der Waals surface area contributed by atoms with Crippen LogP contribution >= 0.6 is 0 Å². The Labute approximate surface area is 145 Å². The molecule has 0 spiro atoms. The molecular formula is C17H12F3NO5. The number of nitrogens with zero attached hydrogens (tertiary/aromatic N) is 1. The molecule has 0 aliphatic heterocycles. The van der Waals surface area contributed by atoms with Crippen molar-refractivity contribution >= 4 is 17.4 Å². The van der Waals surface area contributed by atoms with Crippen molar-refractivity contribution in [3.05, 3.63) is 74.8 Å². The van der Waals surface area contributed by atoms with Crippen LogP contribution in [0.1, 0.15) is 31.8 Å². The maximum Gasteiger partial charge on any atom is 0.417 e. The summed E-state index contributed by atoms with van der Waals surface area (Å²) < 4.78 is 43.3. The fraction of sp³-hybridized carbons (Fsp3) is 0.176. The summed E-state index contributed by atoms with van der Waals surface area (Å²) in [5.74, 6) is -2.08. The topological polar surface area (TPSA) is 86.5 Å². The molecule has 0 bridgehead atoms. The molecule has 0 N–H and O–H groups in total. The highest BCUT2D eigenvalue weighted by Crippen LogP contribution is 2.32. The molecule has 0 aliphatic rings. The van der Waals surface area contributed by atoms with Gasteiger partial charge in [0, 0.05) is 17.2 Å². The van der Waals surface area contributed by atoms with Gasteiger partial charge in [-0.1, -0.05) is 24.3 Å². The number of esters is 1. The summed E-state index contributed by atoms with van der Waals surface area (Å²) in [6.07, 6.45) is -4.75. The number of rotatable bonds is 5. The van der Waals surface area contributed by atoms with Crippen molar-refractivity contribution in [1.29, 1.82) is 0 Å². The number of halogens is 3. The van der Waals surface area contributed by atoms with Crippen LogP contribution in [0.25, 0.3) is 0 Å². The maximum atomic E-state index is 12.9. The molecule has 0 unspecified atom stereocenters. The smallest absolute Gasteiger partial charge is 0.417 e. The number of nitro benzene ring substituents is 1. The van der Waals surface area contributed by atoms with E-state index in [1.54, 1.807) is 0 Å². The molecule has 6 nitrogen and oxygen atoms in total. The summed E-state index contributed by atoms with van der Waals surface area (Å²) in [6.45, 7) is 0.645. The number of carbonyl (C=O) groups excluding carboxylic acids is 2. The first-order chi connectivity index (χ1) is 12.1. The summed E-state index contributed by atoms with van der Waals surface area (Å²) in [6, 6.07) is 7.70. The molecule has 0 aliphatic carbocycles. The molecule has 0 saturated carbocycles. The highest BCUT2D eigenvalue weighted by molar-refractivity contribution is 6.00. The van der Waals surface area contributed by atoms with Crippen molar-refractivity contribution in [1.82, 2.24) is 0 Å². The van der Waals surface area contributed by atoms with E-state index in [0.717, 1.165) is 24.3 Å². The minimum Gasteiger partial charge on any atom is -0.454 e. The van der Waals surface area contributed by atoms with E-state index in [2.05, 4.69) is 4.74 Å². The molecule has 2 aromatic carbocycles. The van der Waals surface area contributed by atoms with Gasteiger partial charge in [0.15, 0.2) is 6.61 Å². The van der Waals surface area contributed by atoms with Crippen LogP contribution in [-0.2, 0) is 10.9 Å². The van der Waals surface area contributed by atoms with Gasteiger partial charge in [-0.3, -0.25) is 14.9 Å². The lowest BCUT2D eigenvalue weighted by Crippen LogP contribution is -2.18. The highest BCUT2D eigenvalue weighted by Gasteiger charge is 2.35. The summed E-state index contributed by atoms with van der Waals surface area (Å²) in [4.78, 5) is 34.1. The number of carbonyl (C=O) groups is 2. The number of nitro groups is 1. The Morgan fingerprint density at radius 3 is 2.42 bits per heavy atom. The number of hydrogen-bond acceptors (Lipinski definition) is 5. The molecular weight excluding hydrogens is 355 g/mol. The molecule has 0 saturated heterocycles. The predicted molar refractivity (Wildman–Crippen MR) is 83.9 cm³/mol. The second kappa shape index (κ2) is 7.34. The van der Waals surface area contributed by atoms with Crippen LogP contribution in [0.15, 0.2) is 42.5 Å². The third-order valence-corrected chi connectivity index (χ3v) is 3.51. The van der Waals surface area contributed by atoms with E-state index >= 15 is 0 Å². The van der Waals surface area contributed by atoms with Gasteiger partial charge in [-0.2, -0.15) is 13.2 Å². The van der Waals surface area contributed by atoms with E-state index in [1.807, 2.05) is 0 Å². The van der Waals surface area contributed by atoms with E-state index in [4.69, 9.17) is 0 Å². The van der Waals surface area contributed by atoms with Gasteiger partial charge in [-0.15, -0.1) is 0 Å². The monoisotopic (exact) mass is 367 g/mol. The largest absolute Gasteiger partial charge is 0.454 e. The molecule has 2 aromatic rings. The van der Waals surface area contributed by atoms with Crippen molar-refractivity contribution < 1.29 is 32.4 Å². The lowest BCUT2D eigenvalue weighted by atomic mass is 10.1. The third-order valence-electron chi connectivity index (χ3n) is 3.51. The Balaban J connectivity index is 2.15. The van der Waals surface area contributed by atoms with Crippen molar-refractivity contribution in [2.45, 2.75) is 13.1 Å². The molecule has 26 heavy (non-hydrogen) atoms. The Hall–Kier alpha value is -3.23. The highest BCUT2D eigenvalue weighted by atomic mass is 19.4. The summed E-state index contributed by atoms with van der Waals surface area (Å²) in [5, 5.41) is 10.9. The van der Waals surface area contributed by atoms with Crippen LogP contribution in [0.5, 0.6) is 0 Å². The lowest BCUT2D eigenvalue weighted by molar-refractivity contribution is -0.385. The maximum absolute atomic E-state index is 12.9. The van der Waals surface area contributed by atoms with Gasteiger partial charge >= 0.3 is 12.1 Å². The predicted octanol–water partition coefficient (Wildman–Crippen LogP) is 3.96. The summed E-state index contributed by atoms with van der Waals surface area (Å²) >= 11 is 0. The first-order valence-corrected chi connectivity index (χ1v) is 7.23. The molecule has 0 fully saturated rings. The van der Waals surface area contributed by atoms with Gasteiger partial charge in [0.2, 0.25) is 5.78 Å². The molecule has 0 aromatic heterocycles. The zero-order valence-electron chi connectivity index (χ0n) is 13.4. The summed E-state index contributed by atoms with van der Waals surface area (Å²) in [5.41, 5.74) is -1.93. The van der Waals surface area contributed by atoms with E-state index in [-0.39, 0.29) is 11.3 Å². The standard InChI is InChI=1S/C17H12F3NO5/c1-10-6-7-11(8-14(10)21(24)25)15(22)9-26-16(23)12-4-2-3-5-13(12)17(18,19)20/h2-8H,9H2,1H3. The molecule has 0 radical (unpaired) electrons. The van der Waals surface area contributed by atoms with E-state index in [1.165, 1.54) is 25.1 Å².